The quantitative estimate of drug-likeness (QED) is 0.829. The first-order valence-corrected chi connectivity index (χ1v) is 8.13. The van der Waals surface area contributed by atoms with Crippen molar-refractivity contribution in [2.24, 2.45) is 5.92 Å². The second-order valence-corrected chi connectivity index (χ2v) is 6.41. The lowest BCUT2D eigenvalue weighted by Gasteiger charge is -2.40. The zero-order valence-corrected chi connectivity index (χ0v) is 12.6. The summed E-state index contributed by atoms with van der Waals surface area (Å²) in [5, 5.41) is 13.0. The molecule has 3 unspecified atom stereocenters. The van der Waals surface area contributed by atoms with Gasteiger partial charge in [0.15, 0.2) is 0 Å². The van der Waals surface area contributed by atoms with Gasteiger partial charge in [0.05, 0.1) is 6.07 Å². The summed E-state index contributed by atoms with van der Waals surface area (Å²) in [4.78, 5) is 2.67. The number of nitrogens with zero attached hydrogens (tertiary/aromatic N) is 2. The summed E-state index contributed by atoms with van der Waals surface area (Å²) in [5.74, 6) is 0.905. The number of nitriles is 1. The summed E-state index contributed by atoms with van der Waals surface area (Å²) >= 11 is 0. The highest BCUT2D eigenvalue weighted by Gasteiger charge is 2.39. The van der Waals surface area contributed by atoms with Gasteiger partial charge in [-0.1, -0.05) is 20.3 Å². The predicted octanol–water partition coefficient (Wildman–Crippen LogP) is 2.92. The molecule has 2 fully saturated rings. The molecule has 108 valence electrons. The summed E-state index contributed by atoms with van der Waals surface area (Å²) in [6.45, 7) is 7.82. The molecule has 1 saturated carbocycles. The Morgan fingerprint density at radius 2 is 2.21 bits per heavy atom. The van der Waals surface area contributed by atoms with Crippen LogP contribution in [0.25, 0.3) is 0 Å². The van der Waals surface area contributed by atoms with Crippen molar-refractivity contribution >= 4 is 0 Å². The SMILES string of the molecule is CCCC1CCN(C2CCCC(C#N)(NCC)C2)C1. The molecule has 3 heteroatoms. The minimum Gasteiger partial charge on any atom is -0.300 e. The Morgan fingerprint density at radius 3 is 2.89 bits per heavy atom. The third kappa shape index (κ3) is 3.49. The van der Waals surface area contributed by atoms with Crippen molar-refractivity contribution in [3.63, 3.8) is 0 Å². The van der Waals surface area contributed by atoms with Crippen molar-refractivity contribution in [3.05, 3.63) is 0 Å². The van der Waals surface area contributed by atoms with Crippen LogP contribution in [0.5, 0.6) is 0 Å². The predicted molar refractivity (Wildman–Crippen MR) is 78.9 cm³/mol. The second-order valence-electron chi connectivity index (χ2n) is 6.41. The van der Waals surface area contributed by atoms with E-state index < -0.39 is 0 Å². The van der Waals surface area contributed by atoms with Crippen LogP contribution in [-0.4, -0.2) is 36.1 Å². The van der Waals surface area contributed by atoms with Gasteiger partial charge in [-0.3, -0.25) is 10.2 Å². The van der Waals surface area contributed by atoms with Crippen molar-refractivity contribution in [2.75, 3.05) is 19.6 Å². The normalized spacial score (nSPS) is 36.3. The molecule has 2 rings (SSSR count). The maximum atomic E-state index is 9.54. The first-order chi connectivity index (χ1) is 9.23. The lowest BCUT2D eigenvalue weighted by Crippen LogP contribution is -2.52. The lowest BCUT2D eigenvalue weighted by molar-refractivity contribution is 0.140. The number of nitrogens with one attached hydrogen (secondary N) is 1. The fourth-order valence-electron chi connectivity index (χ4n) is 4.04. The van der Waals surface area contributed by atoms with Crippen LogP contribution < -0.4 is 5.32 Å². The van der Waals surface area contributed by atoms with Crippen LogP contribution in [0, 0.1) is 17.2 Å². The molecular weight excluding hydrogens is 234 g/mol. The number of hydrogen-bond acceptors (Lipinski definition) is 3. The highest BCUT2D eigenvalue weighted by molar-refractivity contribution is 5.11. The largest absolute Gasteiger partial charge is 0.300 e. The minimum atomic E-state index is -0.249. The molecular formula is C16H29N3. The van der Waals surface area contributed by atoms with E-state index in [1.165, 1.54) is 45.2 Å². The van der Waals surface area contributed by atoms with E-state index in [2.05, 4.69) is 30.1 Å². The third-order valence-electron chi connectivity index (χ3n) is 4.98. The zero-order valence-electron chi connectivity index (χ0n) is 12.6. The molecule has 1 heterocycles. The van der Waals surface area contributed by atoms with Gasteiger partial charge in [-0.15, -0.1) is 0 Å². The Labute approximate surface area is 118 Å². The molecule has 2 aliphatic rings. The molecule has 0 aromatic heterocycles. The molecule has 0 bridgehead atoms. The molecule has 0 aromatic carbocycles. The molecule has 1 aliphatic heterocycles. The molecule has 3 nitrogen and oxygen atoms in total. The van der Waals surface area contributed by atoms with E-state index in [9.17, 15) is 5.26 Å². The Bertz CT molecular complexity index is 318. The monoisotopic (exact) mass is 263 g/mol. The van der Waals surface area contributed by atoms with Gasteiger partial charge in [0, 0.05) is 12.6 Å². The van der Waals surface area contributed by atoms with Crippen LogP contribution in [0.4, 0.5) is 0 Å². The Kier molecular flexibility index (Phi) is 5.24. The molecule has 0 amide bonds. The van der Waals surface area contributed by atoms with Gasteiger partial charge < -0.3 is 0 Å². The molecule has 3 atom stereocenters. The van der Waals surface area contributed by atoms with Crippen LogP contribution in [-0.2, 0) is 0 Å². The number of likely N-dealkylation sites (tertiary alicyclic amines) is 1. The van der Waals surface area contributed by atoms with Gasteiger partial charge in [0.25, 0.3) is 0 Å². The number of rotatable bonds is 5. The number of hydrogen-bond donors (Lipinski definition) is 1. The second kappa shape index (κ2) is 6.72. The van der Waals surface area contributed by atoms with E-state index in [1.807, 2.05) is 0 Å². The van der Waals surface area contributed by atoms with Crippen molar-refractivity contribution in [1.29, 1.82) is 5.26 Å². The molecule has 0 spiro atoms. The molecule has 0 aromatic rings. The van der Waals surface area contributed by atoms with Crippen LogP contribution >= 0.6 is 0 Å². The van der Waals surface area contributed by atoms with E-state index in [1.54, 1.807) is 0 Å². The maximum absolute atomic E-state index is 9.54. The van der Waals surface area contributed by atoms with Gasteiger partial charge in [0.2, 0.25) is 0 Å². The summed E-state index contributed by atoms with van der Waals surface area (Å²) in [5.41, 5.74) is -0.249. The molecule has 1 N–H and O–H groups in total. The van der Waals surface area contributed by atoms with Crippen LogP contribution in [0.1, 0.15) is 58.8 Å². The Morgan fingerprint density at radius 1 is 1.37 bits per heavy atom. The van der Waals surface area contributed by atoms with Crippen molar-refractivity contribution < 1.29 is 0 Å². The average molecular weight is 263 g/mol. The maximum Gasteiger partial charge on any atom is 0.108 e. The van der Waals surface area contributed by atoms with E-state index in [0.29, 0.717) is 6.04 Å². The highest BCUT2D eigenvalue weighted by Crippen LogP contribution is 2.34. The summed E-state index contributed by atoms with van der Waals surface area (Å²) in [7, 11) is 0. The summed E-state index contributed by atoms with van der Waals surface area (Å²) in [6.07, 6.45) is 8.58. The highest BCUT2D eigenvalue weighted by atomic mass is 15.2. The van der Waals surface area contributed by atoms with Crippen molar-refractivity contribution in [2.45, 2.75) is 70.4 Å². The third-order valence-corrected chi connectivity index (χ3v) is 4.98. The van der Waals surface area contributed by atoms with E-state index in [4.69, 9.17) is 0 Å². The molecule has 0 radical (unpaired) electrons. The standard InChI is InChI=1S/C16H29N3/c1-3-6-14-8-10-19(12-14)15-7-5-9-16(11-15,13-17)18-4-2/h14-15,18H,3-12H2,1-2H3. The molecule has 1 saturated heterocycles. The van der Waals surface area contributed by atoms with Gasteiger partial charge in [-0.25, -0.2) is 0 Å². The molecule has 19 heavy (non-hydrogen) atoms. The van der Waals surface area contributed by atoms with E-state index >= 15 is 0 Å². The summed E-state index contributed by atoms with van der Waals surface area (Å²) in [6, 6.07) is 3.20. The average Bonchev–Trinajstić information content (AvgIpc) is 2.88. The van der Waals surface area contributed by atoms with Crippen LogP contribution in [0.3, 0.4) is 0 Å². The fraction of sp³-hybridized carbons (Fsp3) is 0.938. The first kappa shape index (κ1) is 14.8. The summed E-state index contributed by atoms with van der Waals surface area (Å²) < 4.78 is 0. The minimum absolute atomic E-state index is 0.249. The van der Waals surface area contributed by atoms with Gasteiger partial charge in [-0.2, -0.15) is 5.26 Å². The lowest BCUT2D eigenvalue weighted by atomic mass is 9.79. The smallest absolute Gasteiger partial charge is 0.108 e. The molecule has 1 aliphatic carbocycles. The van der Waals surface area contributed by atoms with Gasteiger partial charge in [0.1, 0.15) is 5.54 Å². The van der Waals surface area contributed by atoms with E-state index in [0.717, 1.165) is 25.3 Å². The van der Waals surface area contributed by atoms with Gasteiger partial charge >= 0.3 is 0 Å². The van der Waals surface area contributed by atoms with E-state index in [-0.39, 0.29) is 5.54 Å². The van der Waals surface area contributed by atoms with Crippen LogP contribution in [0.2, 0.25) is 0 Å². The van der Waals surface area contributed by atoms with Gasteiger partial charge in [-0.05, 0) is 57.5 Å². The Balaban J connectivity index is 1.93. The van der Waals surface area contributed by atoms with Crippen molar-refractivity contribution in [1.82, 2.24) is 10.2 Å². The zero-order chi connectivity index (χ0) is 13.7. The van der Waals surface area contributed by atoms with Crippen LogP contribution in [0.15, 0.2) is 0 Å². The fourth-order valence-corrected chi connectivity index (χ4v) is 4.04. The topological polar surface area (TPSA) is 39.1 Å². The van der Waals surface area contributed by atoms with Crippen molar-refractivity contribution in [3.8, 4) is 6.07 Å². The first-order valence-electron chi connectivity index (χ1n) is 8.13. The Hall–Kier alpha value is -0.590.